The molecule has 0 aliphatic carbocycles. The summed E-state index contributed by atoms with van der Waals surface area (Å²) in [5, 5.41) is 18.3. The number of nitrogens with one attached hydrogen (secondary N) is 1. The standard InChI is InChI=1S/C15H20N4O/c1-15(2,9-20)19(3)13-10-6-4-5-7-12(10)18-8-11(13)14(16)17/h4-8,20H,9H2,1-3H3,(H3,16,17). The van der Waals surface area contributed by atoms with Gasteiger partial charge in [-0.1, -0.05) is 18.2 Å². The Kier molecular flexibility index (Phi) is 3.63. The van der Waals surface area contributed by atoms with E-state index in [2.05, 4.69) is 4.98 Å². The van der Waals surface area contributed by atoms with Crippen molar-refractivity contribution in [1.82, 2.24) is 4.98 Å². The maximum atomic E-state index is 9.59. The lowest BCUT2D eigenvalue weighted by atomic mass is 10.00. The highest BCUT2D eigenvalue weighted by Gasteiger charge is 2.27. The molecule has 0 aliphatic heterocycles. The molecule has 5 nitrogen and oxygen atoms in total. The van der Waals surface area contributed by atoms with E-state index in [1.54, 1.807) is 6.20 Å². The number of amidine groups is 1. The van der Waals surface area contributed by atoms with E-state index in [0.29, 0.717) is 5.56 Å². The fraction of sp³-hybridized carbons (Fsp3) is 0.333. The van der Waals surface area contributed by atoms with Gasteiger partial charge in [-0.25, -0.2) is 0 Å². The number of aromatic nitrogens is 1. The van der Waals surface area contributed by atoms with Crippen LogP contribution in [-0.2, 0) is 0 Å². The monoisotopic (exact) mass is 272 g/mol. The molecule has 0 spiro atoms. The van der Waals surface area contributed by atoms with Gasteiger partial charge in [-0.3, -0.25) is 10.4 Å². The molecule has 0 fully saturated rings. The molecule has 0 bridgehead atoms. The molecular formula is C15H20N4O. The Hall–Kier alpha value is -2.14. The fourth-order valence-corrected chi connectivity index (χ4v) is 2.09. The molecule has 5 heteroatoms. The number of nitrogen functional groups attached to an aromatic ring is 1. The van der Waals surface area contributed by atoms with Gasteiger partial charge < -0.3 is 15.7 Å². The van der Waals surface area contributed by atoms with Crippen LogP contribution in [0.15, 0.2) is 30.5 Å². The van der Waals surface area contributed by atoms with Crippen LogP contribution in [0, 0.1) is 5.41 Å². The second kappa shape index (κ2) is 5.09. The summed E-state index contributed by atoms with van der Waals surface area (Å²) in [5.74, 6) is -0.0288. The summed E-state index contributed by atoms with van der Waals surface area (Å²) in [6.45, 7) is 3.87. The summed E-state index contributed by atoms with van der Waals surface area (Å²) < 4.78 is 0. The molecule has 20 heavy (non-hydrogen) atoms. The summed E-state index contributed by atoms with van der Waals surface area (Å²) in [6, 6.07) is 7.72. The van der Waals surface area contributed by atoms with E-state index in [1.807, 2.05) is 50.1 Å². The number of benzene rings is 1. The Morgan fingerprint density at radius 2 is 2.05 bits per heavy atom. The highest BCUT2D eigenvalue weighted by Crippen LogP contribution is 2.32. The van der Waals surface area contributed by atoms with Crippen molar-refractivity contribution in [1.29, 1.82) is 5.41 Å². The van der Waals surface area contributed by atoms with Crippen LogP contribution in [0.5, 0.6) is 0 Å². The average molecular weight is 272 g/mol. The second-order valence-electron chi connectivity index (χ2n) is 5.48. The Morgan fingerprint density at radius 3 is 2.65 bits per heavy atom. The molecule has 0 aliphatic rings. The molecule has 2 rings (SSSR count). The summed E-state index contributed by atoms with van der Waals surface area (Å²) in [7, 11) is 1.89. The molecule has 1 aromatic heterocycles. The van der Waals surface area contributed by atoms with Gasteiger partial charge in [0.05, 0.1) is 28.9 Å². The molecule has 2 aromatic rings. The van der Waals surface area contributed by atoms with Crippen LogP contribution in [0.1, 0.15) is 19.4 Å². The van der Waals surface area contributed by atoms with Crippen LogP contribution >= 0.6 is 0 Å². The van der Waals surface area contributed by atoms with Crippen LogP contribution in [0.25, 0.3) is 10.9 Å². The van der Waals surface area contributed by atoms with Crippen molar-refractivity contribution in [3.05, 3.63) is 36.0 Å². The number of anilines is 1. The van der Waals surface area contributed by atoms with Crippen molar-refractivity contribution in [3.8, 4) is 0 Å². The maximum absolute atomic E-state index is 9.59. The number of rotatable bonds is 4. The van der Waals surface area contributed by atoms with Crippen LogP contribution in [0.3, 0.4) is 0 Å². The number of fused-ring (bicyclic) bond motifs is 1. The Labute approximate surface area is 118 Å². The molecule has 0 saturated heterocycles. The molecule has 0 amide bonds. The zero-order valence-electron chi connectivity index (χ0n) is 12.0. The highest BCUT2D eigenvalue weighted by molar-refractivity contribution is 6.07. The average Bonchev–Trinajstić information content (AvgIpc) is 2.45. The van der Waals surface area contributed by atoms with Gasteiger partial charge in [0.15, 0.2) is 0 Å². The lowest BCUT2D eigenvalue weighted by Crippen LogP contribution is -2.45. The van der Waals surface area contributed by atoms with Gasteiger partial charge in [0, 0.05) is 18.6 Å². The zero-order chi connectivity index (χ0) is 14.9. The molecular weight excluding hydrogens is 252 g/mol. The van der Waals surface area contributed by atoms with Gasteiger partial charge in [0.1, 0.15) is 5.84 Å². The second-order valence-corrected chi connectivity index (χ2v) is 5.48. The summed E-state index contributed by atoms with van der Waals surface area (Å²) in [5.41, 5.74) is 7.46. The minimum atomic E-state index is -0.464. The largest absolute Gasteiger partial charge is 0.394 e. The van der Waals surface area contributed by atoms with Gasteiger partial charge in [0.2, 0.25) is 0 Å². The molecule has 1 heterocycles. The van der Waals surface area contributed by atoms with Gasteiger partial charge in [-0.2, -0.15) is 0 Å². The third kappa shape index (κ3) is 2.32. The number of para-hydroxylation sites is 1. The van der Waals surface area contributed by atoms with E-state index in [1.165, 1.54) is 0 Å². The van der Waals surface area contributed by atoms with E-state index in [4.69, 9.17) is 11.1 Å². The lowest BCUT2D eigenvalue weighted by Gasteiger charge is -2.37. The molecule has 106 valence electrons. The topological polar surface area (TPSA) is 86.2 Å². The number of hydrogen-bond acceptors (Lipinski definition) is 4. The predicted molar refractivity (Wildman–Crippen MR) is 82.3 cm³/mol. The van der Waals surface area contributed by atoms with Crippen molar-refractivity contribution >= 4 is 22.4 Å². The number of aliphatic hydroxyl groups excluding tert-OH is 1. The van der Waals surface area contributed by atoms with Crippen molar-refractivity contribution in [2.24, 2.45) is 5.73 Å². The number of hydrogen-bond donors (Lipinski definition) is 3. The minimum Gasteiger partial charge on any atom is -0.394 e. The van der Waals surface area contributed by atoms with Crippen molar-refractivity contribution in [3.63, 3.8) is 0 Å². The van der Waals surface area contributed by atoms with Gasteiger partial charge in [-0.15, -0.1) is 0 Å². The Bertz CT molecular complexity index is 651. The predicted octanol–water partition coefficient (Wildman–Crippen LogP) is 1.73. The van der Waals surface area contributed by atoms with Crippen LogP contribution in [0.4, 0.5) is 5.69 Å². The fourth-order valence-electron chi connectivity index (χ4n) is 2.09. The first kappa shape index (κ1) is 14.3. The summed E-state index contributed by atoms with van der Waals surface area (Å²) in [6.07, 6.45) is 1.62. The number of nitrogens with zero attached hydrogens (tertiary/aromatic N) is 2. The molecule has 0 saturated carbocycles. The van der Waals surface area contributed by atoms with Crippen molar-refractivity contribution in [2.75, 3.05) is 18.6 Å². The van der Waals surface area contributed by atoms with Crippen molar-refractivity contribution in [2.45, 2.75) is 19.4 Å². The van der Waals surface area contributed by atoms with E-state index < -0.39 is 5.54 Å². The number of aliphatic hydroxyl groups is 1. The lowest BCUT2D eigenvalue weighted by molar-refractivity contribution is 0.216. The minimum absolute atomic E-state index is 0.00249. The van der Waals surface area contributed by atoms with Gasteiger partial charge in [0.25, 0.3) is 0 Å². The molecule has 4 N–H and O–H groups in total. The van der Waals surface area contributed by atoms with Crippen molar-refractivity contribution < 1.29 is 5.11 Å². The first-order chi connectivity index (χ1) is 9.38. The zero-order valence-corrected chi connectivity index (χ0v) is 12.0. The van der Waals surface area contributed by atoms with E-state index in [-0.39, 0.29) is 12.4 Å². The molecule has 0 radical (unpaired) electrons. The molecule has 1 aromatic carbocycles. The first-order valence-electron chi connectivity index (χ1n) is 6.45. The smallest absolute Gasteiger partial charge is 0.126 e. The van der Waals surface area contributed by atoms with Crippen LogP contribution in [0.2, 0.25) is 0 Å². The maximum Gasteiger partial charge on any atom is 0.126 e. The Morgan fingerprint density at radius 1 is 1.40 bits per heavy atom. The first-order valence-corrected chi connectivity index (χ1v) is 6.45. The summed E-state index contributed by atoms with van der Waals surface area (Å²) >= 11 is 0. The molecule has 0 atom stereocenters. The quantitative estimate of drug-likeness (QED) is 0.584. The number of nitrogens with two attached hydrogens (primary N) is 1. The summed E-state index contributed by atoms with van der Waals surface area (Å²) in [4.78, 5) is 6.30. The highest BCUT2D eigenvalue weighted by atomic mass is 16.3. The van der Waals surface area contributed by atoms with E-state index >= 15 is 0 Å². The normalized spacial score (nSPS) is 11.6. The van der Waals surface area contributed by atoms with Crippen LogP contribution in [-0.4, -0.2) is 35.1 Å². The molecule has 0 unspecified atom stereocenters. The van der Waals surface area contributed by atoms with E-state index in [0.717, 1.165) is 16.6 Å². The third-order valence-electron chi connectivity index (χ3n) is 3.67. The Balaban J connectivity index is 2.76. The number of likely N-dealkylation sites (N-methyl/N-ethyl adjacent to an activating group) is 1. The number of pyridine rings is 1. The van der Waals surface area contributed by atoms with Gasteiger partial charge in [-0.05, 0) is 19.9 Å². The third-order valence-corrected chi connectivity index (χ3v) is 3.67. The SMILES string of the molecule is CN(c1c(C(=N)N)cnc2ccccc12)C(C)(C)CO. The van der Waals surface area contributed by atoms with Gasteiger partial charge >= 0.3 is 0 Å². The van der Waals surface area contributed by atoms with E-state index in [9.17, 15) is 5.11 Å². The van der Waals surface area contributed by atoms with Crippen LogP contribution < -0.4 is 10.6 Å².